The Balaban J connectivity index is 2.33. The second-order valence-electron chi connectivity index (χ2n) is 3.24. The van der Waals surface area contributed by atoms with Crippen molar-refractivity contribution in [3.05, 3.63) is 0 Å². The minimum atomic E-state index is 0.433. The topological polar surface area (TPSA) is 18.5 Å². The molecule has 0 spiro atoms. The highest BCUT2D eigenvalue weighted by Gasteiger charge is 2.18. The standard InChI is InChI=1S/C9H18O2/c1-10-8-5-3-4-6-9(7-8)11-2/h8-9H,3-7H2,1-2H3. The predicted molar refractivity (Wildman–Crippen MR) is 44.7 cm³/mol. The van der Waals surface area contributed by atoms with Gasteiger partial charge in [0, 0.05) is 14.2 Å². The number of ether oxygens (including phenoxy) is 2. The van der Waals surface area contributed by atoms with Gasteiger partial charge in [-0.3, -0.25) is 0 Å². The molecule has 0 heterocycles. The molecule has 66 valence electrons. The first-order valence-corrected chi connectivity index (χ1v) is 4.42. The van der Waals surface area contributed by atoms with Crippen molar-refractivity contribution >= 4 is 0 Å². The van der Waals surface area contributed by atoms with Gasteiger partial charge >= 0.3 is 0 Å². The summed E-state index contributed by atoms with van der Waals surface area (Å²) >= 11 is 0. The van der Waals surface area contributed by atoms with E-state index in [-0.39, 0.29) is 0 Å². The lowest BCUT2D eigenvalue weighted by molar-refractivity contribution is 0.0261. The van der Waals surface area contributed by atoms with Crippen LogP contribution in [0.4, 0.5) is 0 Å². The Hall–Kier alpha value is -0.0800. The molecule has 2 atom stereocenters. The molecule has 0 aromatic rings. The van der Waals surface area contributed by atoms with E-state index in [0.717, 1.165) is 6.42 Å². The van der Waals surface area contributed by atoms with Gasteiger partial charge in [-0.15, -0.1) is 0 Å². The van der Waals surface area contributed by atoms with Crippen LogP contribution in [0.1, 0.15) is 32.1 Å². The Morgan fingerprint density at radius 1 is 0.909 bits per heavy atom. The molecule has 0 bridgehead atoms. The molecule has 1 aliphatic rings. The summed E-state index contributed by atoms with van der Waals surface area (Å²) in [6.45, 7) is 0. The molecule has 0 aliphatic heterocycles. The molecule has 1 fully saturated rings. The smallest absolute Gasteiger partial charge is 0.0596 e. The molecule has 0 aromatic carbocycles. The summed E-state index contributed by atoms with van der Waals surface area (Å²) in [4.78, 5) is 0. The van der Waals surface area contributed by atoms with Crippen LogP contribution in [0.3, 0.4) is 0 Å². The van der Waals surface area contributed by atoms with E-state index in [1.54, 1.807) is 14.2 Å². The number of hydrogen-bond donors (Lipinski definition) is 0. The lowest BCUT2D eigenvalue weighted by Gasteiger charge is -2.16. The maximum absolute atomic E-state index is 5.32. The van der Waals surface area contributed by atoms with Crippen molar-refractivity contribution in [1.82, 2.24) is 0 Å². The van der Waals surface area contributed by atoms with Crippen LogP contribution < -0.4 is 0 Å². The summed E-state index contributed by atoms with van der Waals surface area (Å²) in [5.41, 5.74) is 0. The van der Waals surface area contributed by atoms with E-state index in [4.69, 9.17) is 9.47 Å². The molecule has 0 N–H and O–H groups in total. The molecular weight excluding hydrogens is 140 g/mol. The molecule has 2 nitrogen and oxygen atoms in total. The Morgan fingerprint density at radius 2 is 1.36 bits per heavy atom. The zero-order valence-corrected chi connectivity index (χ0v) is 7.51. The molecule has 2 unspecified atom stereocenters. The molecule has 1 saturated carbocycles. The molecule has 1 rings (SSSR count). The minimum absolute atomic E-state index is 0.433. The van der Waals surface area contributed by atoms with E-state index in [0.29, 0.717) is 12.2 Å². The van der Waals surface area contributed by atoms with E-state index < -0.39 is 0 Å². The zero-order valence-electron chi connectivity index (χ0n) is 7.51. The van der Waals surface area contributed by atoms with E-state index in [9.17, 15) is 0 Å². The zero-order chi connectivity index (χ0) is 8.10. The number of hydrogen-bond acceptors (Lipinski definition) is 2. The second-order valence-corrected chi connectivity index (χ2v) is 3.24. The summed E-state index contributed by atoms with van der Waals surface area (Å²) in [7, 11) is 3.59. The SMILES string of the molecule is COC1CCCCC(OC)C1. The van der Waals surface area contributed by atoms with Crippen LogP contribution in [0, 0.1) is 0 Å². The summed E-state index contributed by atoms with van der Waals surface area (Å²) in [6, 6.07) is 0. The van der Waals surface area contributed by atoms with Crippen molar-refractivity contribution < 1.29 is 9.47 Å². The van der Waals surface area contributed by atoms with E-state index in [1.807, 2.05) is 0 Å². The summed E-state index contributed by atoms with van der Waals surface area (Å²) in [6.07, 6.45) is 6.93. The number of methoxy groups -OCH3 is 2. The first-order chi connectivity index (χ1) is 5.36. The van der Waals surface area contributed by atoms with Gasteiger partial charge in [0.2, 0.25) is 0 Å². The molecule has 11 heavy (non-hydrogen) atoms. The molecule has 2 heteroatoms. The fourth-order valence-corrected chi connectivity index (χ4v) is 1.70. The van der Waals surface area contributed by atoms with Crippen LogP contribution in [0.5, 0.6) is 0 Å². The average molecular weight is 158 g/mol. The van der Waals surface area contributed by atoms with E-state index in [1.165, 1.54) is 25.7 Å². The van der Waals surface area contributed by atoms with Crippen molar-refractivity contribution in [2.75, 3.05) is 14.2 Å². The van der Waals surface area contributed by atoms with Gasteiger partial charge in [0.05, 0.1) is 12.2 Å². The third kappa shape index (κ3) is 2.80. The molecule has 0 amide bonds. The van der Waals surface area contributed by atoms with Crippen molar-refractivity contribution in [2.24, 2.45) is 0 Å². The van der Waals surface area contributed by atoms with Crippen LogP contribution in [-0.4, -0.2) is 26.4 Å². The van der Waals surface area contributed by atoms with E-state index >= 15 is 0 Å². The molecule has 0 radical (unpaired) electrons. The fourth-order valence-electron chi connectivity index (χ4n) is 1.70. The monoisotopic (exact) mass is 158 g/mol. The highest BCUT2D eigenvalue weighted by Crippen LogP contribution is 2.21. The van der Waals surface area contributed by atoms with Gasteiger partial charge in [0.15, 0.2) is 0 Å². The lowest BCUT2D eigenvalue weighted by atomic mass is 10.1. The Kier molecular flexibility index (Phi) is 3.87. The van der Waals surface area contributed by atoms with Gasteiger partial charge in [0.1, 0.15) is 0 Å². The van der Waals surface area contributed by atoms with Gasteiger partial charge in [-0.2, -0.15) is 0 Å². The molecule has 0 saturated heterocycles. The normalized spacial score (nSPS) is 33.3. The third-order valence-corrected chi connectivity index (χ3v) is 2.49. The fraction of sp³-hybridized carbons (Fsp3) is 1.00. The van der Waals surface area contributed by atoms with Crippen molar-refractivity contribution in [1.29, 1.82) is 0 Å². The summed E-state index contributed by atoms with van der Waals surface area (Å²) in [5.74, 6) is 0. The molecule has 0 aromatic heterocycles. The van der Waals surface area contributed by atoms with Crippen LogP contribution in [0.15, 0.2) is 0 Å². The first kappa shape index (κ1) is 9.01. The predicted octanol–water partition coefficient (Wildman–Crippen LogP) is 1.98. The van der Waals surface area contributed by atoms with Crippen LogP contribution in [0.2, 0.25) is 0 Å². The van der Waals surface area contributed by atoms with Gasteiger partial charge in [-0.25, -0.2) is 0 Å². The van der Waals surface area contributed by atoms with Gasteiger partial charge < -0.3 is 9.47 Å². The number of rotatable bonds is 2. The van der Waals surface area contributed by atoms with E-state index in [2.05, 4.69) is 0 Å². The van der Waals surface area contributed by atoms with Crippen molar-refractivity contribution in [2.45, 2.75) is 44.3 Å². The van der Waals surface area contributed by atoms with Crippen molar-refractivity contribution in [3.63, 3.8) is 0 Å². The molecule has 1 aliphatic carbocycles. The van der Waals surface area contributed by atoms with Crippen molar-refractivity contribution in [3.8, 4) is 0 Å². The first-order valence-electron chi connectivity index (χ1n) is 4.42. The highest BCUT2D eigenvalue weighted by atomic mass is 16.5. The second kappa shape index (κ2) is 4.73. The average Bonchev–Trinajstić information content (AvgIpc) is 2.28. The molecular formula is C9H18O2. The highest BCUT2D eigenvalue weighted by molar-refractivity contribution is 4.70. The third-order valence-electron chi connectivity index (χ3n) is 2.49. The van der Waals surface area contributed by atoms with Gasteiger partial charge in [-0.05, 0) is 19.3 Å². The Morgan fingerprint density at radius 3 is 1.73 bits per heavy atom. The Bertz CT molecular complexity index is 91.7. The summed E-state index contributed by atoms with van der Waals surface area (Å²) in [5, 5.41) is 0. The lowest BCUT2D eigenvalue weighted by Crippen LogP contribution is -2.18. The van der Waals surface area contributed by atoms with Crippen LogP contribution in [-0.2, 0) is 9.47 Å². The quantitative estimate of drug-likeness (QED) is 0.572. The Labute approximate surface area is 68.9 Å². The largest absolute Gasteiger partial charge is 0.381 e. The van der Waals surface area contributed by atoms with Crippen LogP contribution >= 0.6 is 0 Å². The summed E-state index contributed by atoms with van der Waals surface area (Å²) < 4.78 is 10.6. The van der Waals surface area contributed by atoms with Gasteiger partial charge in [0.25, 0.3) is 0 Å². The van der Waals surface area contributed by atoms with Crippen LogP contribution in [0.25, 0.3) is 0 Å². The minimum Gasteiger partial charge on any atom is -0.381 e. The van der Waals surface area contributed by atoms with Gasteiger partial charge in [-0.1, -0.05) is 12.8 Å². The maximum atomic E-state index is 5.32. The maximum Gasteiger partial charge on any atom is 0.0596 e.